The molecular formula is C20H20N6O. The Balaban J connectivity index is 1.50. The molecule has 1 fully saturated rings. The summed E-state index contributed by atoms with van der Waals surface area (Å²) in [6.07, 6.45) is 10.7. The van der Waals surface area contributed by atoms with Gasteiger partial charge < -0.3 is 10.0 Å². The molecule has 4 aromatic rings. The number of imidazole rings is 1. The Kier molecular flexibility index (Phi) is 3.86. The van der Waals surface area contributed by atoms with Gasteiger partial charge in [0, 0.05) is 42.8 Å². The lowest BCUT2D eigenvalue weighted by molar-refractivity contribution is 0.145. The molecule has 4 heterocycles. The first-order valence-corrected chi connectivity index (χ1v) is 9.14. The third kappa shape index (κ3) is 2.86. The zero-order chi connectivity index (χ0) is 18.2. The smallest absolute Gasteiger partial charge is 0.180 e. The first-order valence-electron chi connectivity index (χ1n) is 9.14. The van der Waals surface area contributed by atoms with Crippen molar-refractivity contribution in [1.29, 1.82) is 0 Å². The molecule has 7 nitrogen and oxygen atoms in total. The Morgan fingerprint density at radius 2 is 1.74 bits per heavy atom. The summed E-state index contributed by atoms with van der Waals surface area (Å²) in [7, 11) is 0. The molecule has 1 aliphatic heterocycles. The van der Waals surface area contributed by atoms with E-state index >= 15 is 0 Å². The van der Waals surface area contributed by atoms with E-state index in [0.29, 0.717) is 0 Å². The summed E-state index contributed by atoms with van der Waals surface area (Å²) in [4.78, 5) is 11.4. The number of nitrogens with zero attached hydrogens (tertiary/aromatic N) is 5. The second kappa shape index (κ2) is 6.51. The molecule has 5 rings (SSSR count). The van der Waals surface area contributed by atoms with Crippen LogP contribution >= 0.6 is 0 Å². The van der Waals surface area contributed by atoms with E-state index in [0.717, 1.165) is 59.8 Å². The van der Waals surface area contributed by atoms with E-state index in [-0.39, 0.29) is 6.10 Å². The van der Waals surface area contributed by atoms with Crippen LogP contribution in [0.4, 0.5) is 5.82 Å². The molecule has 1 aliphatic rings. The van der Waals surface area contributed by atoms with Gasteiger partial charge in [0.25, 0.3) is 0 Å². The van der Waals surface area contributed by atoms with Crippen LogP contribution in [0.3, 0.4) is 0 Å². The summed E-state index contributed by atoms with van der Waals surface area (Å²) in [6.45, 7) is 1.60. The van der Waals surface area contributed by atoms with Crippen molar-refractivity contribution in [1.82, 2.24) is 24.6 Å². The van der Waals surface area contributed by atoms with Crippen LogP contribution in [-0.2, 0) is 0 Å². The minimum Gasteiger partial charge on any atom is -0.393 e. The first kappa shape index (κ1) is 16.0. The molecule has 0 saturated carbocycles. The average Bonchev–Trinajstić information content (AvgIpc) is 3.39. The van der Waals surface area contributed by atoms with Crippen LogP contribution < -0.4 is 4.90 Å². The molecule has 0 bridgehead atoms. The number of rotatable bonds is 3. The molecule has 0 spiro atoms. The van der Waals surface area contributed by atoms with Gasteiger partial charge in [0.05, 0.1) is 24.2 Å². The number of piperidine rings is 1. The summed E-state index contributed by atoms with van der Waals surface area (Å²) in [6, 6.07) is 8.38. The van der Waals surface area contributed by atoms with E-state index in [1.54, 1.807) is 0 Å². The van der Waals surface area contributed by atoms with Crippen molar-refractivity contribution < 1.29 is 5.11 Å². The molecular weight excluding hydrogens is 340 g/mol. The Hall–Kier alpha value is -3.19. The standard InChI is InChI=1S/C20H20N6O/c27-17-5-8-25(9-6-17)19-20-22-13-18(26(20)10-7-21-19)15-3-1-14(2-4-15)16-11-23-24-12-16/h1-4,7,10-13,17,27H,5-6,8-9H2,(H,23,24). The normalized spacial score (nSPS) is 15.5. The van der Waals surface area contributed by atoms with Crippen molar-refractivity contribution in [2.24, 2.45) is 0 Å². The number of nitrogens with one attached hydrogen (secondary N) is 1. The second-order valence-electron chi connectivity index (χ2n) is 6.87. The molecule has 1 aromatic carbocycles. The fraction of sp³-hybridized carbons (Fsp3) is 0.250. The van der Waals surface area contributed by atoms with Gasteiger partial charge in [-0.1, -0.05) is 24.3 Å². The van der Waals surface area contributed by atoms with E-state index < -0.39 is 0 Å². The predicted molar refractivity (Wildman–Crippen MR) is 103 cm³/mol. The summed E-state index contributed by atoms with van der Waals surface area (Å²) < 4.78 is 2.08. The maximum atomic E-state index is 9.76. The topological polar surface area (TPSA) is 82.3 Å². The van der Waals surface area contributed by atoms with Crippen LogP contribution in [0.15, 0.2) is 55.2 Å². The van der Waals surface area contributed by atoms with E-state index in [1.165, 1.54) is 0 Å². The number of benzene rings is 1. The van der Waals surface area contributed by atoms with Crippen molar-refractivity contribution in [2.75, 3.05) is 18.0 Å². The molecule has 27 heavy (non-hydrogen) atoms. The number of aliphatic hydroxyl groups excluding tert-OH is 1. The molecule has 0 aliphatic carbocycles. The minimum atomic E-state index is -0.204. The van der Waals surface area contributed by atoms with Crippen LogP contribution in [0, 0.1) is 0 Å². The van der Waals surface area contributed by atoms with Crippen molar-refractivity contribution in [3.8, 4) is 22.4 Å². The molecule has 1 saturated heterocycles. The largest absolute Gasteiger partial charge is 0.393 e. The third-order valence-electron chi connectivity index (χ3n) is 5.19. The molecule has 0 unspecified atom stereocenters. The fourth-order valence-corrected chi connectivity index (χ4v) is 3.66. The number of hydrogen-bond acceptors (Lipinski definition) is 5. The van der Waals surface area contributed by atoms with Crippen molar-refractivity contribution in [2.45, 2.75) is 18.9 Å². The van der Waals surface area contributed by atoms with Gasteiger partial charge in [0.2, 0.25) is 0 Å². The van der Waals surface area contributed by atoms with Gasteiger partial charge in [-0.05, 0) is 18.4 Å². The van der Waals surface area contributed by atoms with Crippen LogP contribution in [-0.4, -0.2) is 48.9 Å². The molecule has 0 atom stereocenters. The van der Waals surface area contributed by atoms with Gasteiger partial charge >= 0.3 is 0 Å². The lowest BCUT2D eigenvalue weighted by atomic mass is 10.1. The Bertz CT molecular complexity index is 1050. The number of anilines is 1. The minimum absolute atomic E-state index is 0.204. The Labute approximate surface area is 156 Å². The highest BCUT2D eigenvalue weighted by atomic mass is 16.3. The van der Waals surface area contributed by atoms with Crippen molar-refractivity contribution in [3.63, 3.8) is 0 Å². The van der Waals surface area contributed by atoms with E-state index in [1.807, 2.05) is 31.0 Å². The number of hydrogen-bond donors (Lipinski definition) is 2. The predicted octanol–water partition coefficient (Wildman–Crippen LogP) is 2.75. The lowest BCUT2D eigenvalue weighted by Gasteiger charge is -2.30. The van der Waals surface area contributed by atoms with E-state index in [4.69, 9.17) is 0 Å². The highest BCUT2D eigenvalue weighted by Crippen LogP contribution is 2.28. The summed E-state index contributed by atoms with van der Waals surface area (Å²) in [5, 5.41) is 16.6. The Morgan fingerprint density at radius 1 is 0.963 bits per heavy atom. The molecule has 3 aromatic heterocycles. The SMILES string of the molecule is OC1CCN(c2nccn3c(-c4ccc(-c5cn[nH]c5)cc4)cnc23)CC1. The van der Waals surface area contributed by atoms with Crippen LogP contribution in [0.25, 0.3) is 28.0 Å². The van der Waals surface area contributed by atoms with Crippen LogP contribution in [0.5, 0.6) is 0 Å². The van der Waals surface area contributed by atoms with Crippen LogP contribution in [0.1, 0.15) is 12.8 Å². The number of fused-ring (bicyclic) bond motifs is 1. The monoisotopic (exact) mass is 360 g/mol. The number of H-pyrrole nitrogens is 1. The lowest BCUT2D eigenvalue weighted by Crippen LogP contribution is -2.36. The Morgan fingerprint density at radius 3 is 2.48 bits per heavy atom. The maximum Gasteiger partial charge on any atom is 0.180 e. The molecule has 136 valence electrons. The summed E-state index contributed by atoms with van der Waals surface area (Å²) in [5.41, 5.74) is 5.17. The van der Waals surface area contributed by atoms with E-state index in [9.17, 15) is 5.11 Å². The summed E-state index contributed by atoms with van der Waals surface area (Å²) >= 11 is 0. The zero-order valence-electron chi connectivity index (χ0n) is 14.8. The van der Waals surface area contributed by atoms with Crippen LogP contribution in [0.2, 0.25) is 0 Å². The highest BCUT2D eigenvalue weighted by Gasteiger charge is 2.21. The average molecular weight is 360 g/mol. The first-order chi connectivity index (χ1) is 13.3. The molecule has 7 heteroatoms. The highest BCUT2D eigenvalue weighted by molar-refractivity contribution is 5.73. The van der Waals surface area contributed by atoms with Gasteiger partial charge in [0.1, 0.15) is 0 Å². The van der Waals surface area contributed by atoms with Gasteiger partial charge in [0.15, 0.2) is 11.5 Å². The van der Waals surface area contributed by atoms with E-state index in [2.05, 4.69) is 53.7 Å². The zero-order valence-corrected chi connectivity index (χ0v) is 14.8. The molecule has 0 radical (unpaired) electrons. The van der Waals surface area contributed by atoms with Gasteiger partial charge in [-0.2, -0.15) is 5.10 Å². The second-order valence-corrected chi connectivity index (χ2v) is 6.87. The molecule has 0 amide bonds. The van der Waals surface area contributed by atoms with Gasteiger partial charge in [-0.25, -0.2) is 9.97 Å². The number of aliphatic hydroxyl groups is 1. The number of aromatic amines is 1. The van der Waals surface area contributed by atoms with Crippen molar-refractivity contribution in [3.05, 3.63) is 55.2 Å². The van der Waals surface area contributed by atoms with Gasteiger partial charge in [-0.15, -0.1) is 0 Å². The molecule has 2 N–H and O–H groups in total. The quantitative estimate of drug-likeness (QED) is 0.587. The third-order valence-corrected chi connectivity index (χ3v) is 5.19. The number of aromatic nitrogens is 5. The van der Waals surface area contributed by atoms with Crippen molar-refractivity contribution >= 4 is 11.5 Å². The summed E-state index contributed by atoms with van der Waals surface area (Å²) in [5.74, 6) is 0.880. The van der Waals surface area contributed by atoms with Gasteiger partial charge in [-0.3, -0.25) is 9.50 Å². The fourth-order valence-electron chi connectivity index (χ4n) is 3.66. The maximum absolute atomic E-state index is 9.76.